The van der Waals surface area contributed by atoms with Crippen molar-refractivity contribution in [1.29, 1.82) is 0 Å². The van der Waals surface area contributed by atoms with Gasteiger partial charge in [-0.2, -0.15) is 0 Å². The van der Waals surface area contributed by atoms with E-state index in [0.29, 0.717) is 44.1 Å². The molecule has 2 unspecified atom stereocenters. The van der Waals surface area contributed by atoms with Crippen molar-refractivity contribution in [1.82, 2.24) is 19.4 Å². The molecule has 2 bridgehead atoms. The van der Waals surface area contributed by atoms with Gasteiger partial charge >= 0.3 is 0 Å². The number of sulfonamides is 1. The van der Waals surface area contributed by atoms with Crippen LogP contribution in [0.1, 0.15) is 72.7 Å². The Labute approximate surface area is 274 Å². The van der Waals surface area contributed by atoms with Crippen molar-refractivity contribution < 1.29 is 17.6 Å². The molecule has 2 N–H and O–H groups in total. The summed E-state index contributed by atoms with van der Waals surface area (Å²) in [5.74, 6) is 0.553. The van der Waals surface area contributed by atoms with Crippen LogP contribution in [0.25, 0.3) is 11.0 Å². The number of primary sulfonamides is 1. The van der Waals surface area contributed by atoms with Gasteiger partial charge in [-0.05, 0) is 112 Å². The zero-order valence-electron chi connectivity index (χ0n) is 25.9. The maximum Gasteiger partial charge on any atom is 0.253 e. The highest BCUT2D eigenvalue weighted by Gasteiger charge is 2.44. The lowest BCUT2D eigenvalue weighted by molar-refractivity contribution is 0.0606. The Hall–Kier alpha value is -3.31. The number of carbonyl (C=O) groups is 1. The molecule has 3 saturated heterocycles. The number of fused-ring (bicyclic) bond motifs is 3. The van der Waals surface area contributed by atoms with Crippen LogP contribution in [0.4, 0.5) is 4.39 Å². The zero-order valence-corrected chi connectivity index (χ0v) is 27.5. The normalized spacial score (nSPS) is 23.2. The van der Waals surface area contributed by atoms with Gasteiger partial charge in [0.05, 0.1) is 16.1 Å². The van der Waals surface area contributed by atoms with Crippen LogP contribution in [0.2, 0.25) is 5.02 Å². The largest absolute Gasteiger partial charge is 0.339 e. The van der Waals surface area contributed by atoms with E-state index in [1.54, 1.807) is 17.0 Å². The Morgan fingerprint density at radius 1 is 1.00 bits per heavy atom. The summed E-state index contributed by atoms with van der Waals surface area (Å²) in [4.78, 5) is 22.5. The molecular weight excluding hydrogens is 625 g/mol. The maximum absolute atomic E-state index is 14.6. The number of piperidine rings is 2. The number of hydrogen-bond acceptors (Lipinski definition) is 5. The quantitative estimate of drug-likeness (QED) is 0.253. The van der Waals surface area contributed by atoms with Gasteiger partial charge in [0.2, 0.25) is 10.0 Å². The number of carbonyl (C=O) groups excluding carboxylic acids is 1. The molecule has 7 rings (SSSR count). The summed E-state index contributed by atoms with van der Waals surface area (Å²) >= 11 is 6.05. The van der Waals surface area contributed by atoms with E-state index in [4.69, 9.17) is 21.7 Å². The average molecular weight is 664 g/mol. The Morgan fingerprint density at radius 2 is 1.72 bits per heavy atom. The maximum atomic E-state index is 14.6. The number of aromatic nitrogens is 2. The van der Waals surface area contributed by atoms with Crippen LogP contribution in [0.3, 0.4) is 0 Å². The van der Waals surface area contributed by atoms with Gasteiger partial charge in [0, 0.05) is 36.8 Å². The minimum absolute atomic E-state index is 0.0191. The predicted octanol–water partition coefficient (Wildman–Crippen LogP) is 6.22. The van der Waals surface area contributed by atoms with E-state index in [1.165, 1.54) is 42.6 Å². The van der Waals surface area contributed by atoms with Crippen LogP contribution < -0.4 is 5.14 Å². The third kappa shape index (κ3) is 5.74. The Bertz CT molecular complexity index is 1890. The van der Waals surface area contributed by atoms with Crippen molar-refractivity contribution >= 4 is 38.6 Å². The molecule has 1 amide bonds. The van der Waals surface area contributed by atoms with E-state index in [-0.39, 0.29) is 32.6 Å². The highest BCUT2D eigenvalue weighted by atomic mass is 35.5. The van der Waals surface area contributed by atoms with Crippen LogP contribution in [0.15, 0.2) is 71.6 Å². The third-order valence-corrected chi connectivity index (χ3v) is 12.2. The Kier molecular flexibility index (Phi) is 8.20. The SMILES string of the molecule is Cc1nc2ccccc2n1C1CC2CCC(C1)N2CCC1(c2cccc(F)c2)CCN(C(=O)c2ccc(Cl)c(S(N)(=O)=O)c2)CC1. The van der Waals surface area contributed by atoms with Crippen molar-refractivity contribution in [2.75, 3.05) is 19.6 Å². The van der Waals surface area contributed by atoms with Crippen molar-refractivity contribution in [2.24, 2.45) is 5.14 Å². The summed E-state index contributed by atoms with van der Waals surface area (Å²) in [6.07, 6.45) is 6.80. The number of aryl methyl sites for hydroxylation is 1. The van der Waals surface area contributed by atoms with Gasteiger partial charge in [-0.1, -0.05) is 35.9 Å². The van der Waals surface area contributed by atoms with E-state index < -0.39 is 10.0 Å². The highest BCUT2D eigenvalue weighted by molar-refractivity contribution is 7.89. The van der Waals surface area contributed by atoms with Gasteiger partial charge in [-0.3, -0.25) is 9.69 Å². The number of nitrogens with two attached hydrogens (primary N) is 1. The van der Waals surface area contributed by atoms with E-state index in [9.17, 15) is 17.6 Å². The lowest BCUT2D eigenvalue weighted by Gasteiger charge is -2.45. The van der Waals surface area contributed by atoms with E-state index in [1.807, 2.05) is 12.1 Å². The molecule has 4 aromatic rings. The Balaban J connectivity index is 1.08. The fourth-order valence-electron chi connectivity index (χ4n) is 8.47. The Morgan fingerprint density at radius 3 is 2.41 bits per heavy atom. The standard InChI is InChI=1S/C35H39ClFN5O3S/c1-23-39-31-7-2-3-8-32(31)42(23)29-21-27-10-11-28(22-29)41(27)18-15-35(25-5-4-6-26(37)20-25)13-16-40(17-14-35)34(43)24-9-12-30(36)33(19-24)46(38,44)45/h2-9,12,19-20,27-29H,10-11,13-18,21-22H2,1H3,(H2,38,44,45). The molecule has 0 aliphatic carbocycles. The summed E-state index contributed by atoms with van der Waals surface area (Å²) in [6.45, 7) is 3.99. The predicted molar refractivity (Wildman–Crippen MR) is 177 cm³/mol. The summed E-state index contributed by atoms with van der Waals surface area (Å²) in [5.41, 5.74) is 3.19. The molecule has 3 aliphatic heterocycles. The first-order valence-corrected chi connectivity index (χ1v) is 18.0. The molecule has 3 aromatic carbocycles. The number of amides is 1. The fourth-order valence-corrected chi connectivity index (χ4v) is 9.54. The molecule has 11 heteroatoms. The van der Waals surface area contributed by atoms with Crippen molar-refractivity contribution in [3.05, 3.63) is 94.5 Å². The third-order valence-electron chi connectivity index (χ3n) is 10.8. The lowest BCUT2D eigenvalue weighted by atomic mass is 9.70. The molecule has 4 heterocycles. The van der Waals surface area contributed by atoms with Gasteiger partial charge in [0.1, 0.15) is 16.5 Å². The van der Waals surface area contributed by atoms with Gasteiger partial charge in [0.25, 0.3) is 5.91 Å². The zero-order chi connectivity index (χ0) is 32.2. The monoisotopic (exact) mass is 663 g/mol. The smallest absolute Gasteiger partial charge is 0.253 e. The lowest BCUT2D eigenvalue weighted by Crippen LogP contribution is -2.49. The number of halogens is 2. The molecule has 3 fully saturated rings. The second kappa shape index (κ2) is 12.0. The molecule has 0 saturated carbocycles. The molecule has 2 atom stereocenters. The number of benzene rings is 3. The first kappa shape index (κ1) is 31.3. The van der Waals surface area contributed by atoms with Gasteiger partial charge in [-0.25, -0.2) is 22.9 Å². The average Bonchev–Trinajstić information content (AvgIpc) is 3.49. The summed E-state index contributed by atoms with van der Waals surface area (Å²) in [6, 6.07) is 20.9. The van der Waals surface area contributed by atoms with Crippen molar-refractivity contribution in [3.63, 3.8) is 0 Å². The second-order valence-corrected chi connectivity index (χ2v) is 15.2. The summed E-state index contributed by atoms with van der Waals surface area (Å²) in [7, 11) is -4.08. The van der Waals surface area contributed by atoms with Crippen LogP contribution in [0, 0.1) is 12.7 Å². The molecule has 0 radical (unpaired) electrons. The number of hydrogen-bond donors (Lipinski definition) is 1. The topological polar surface area (TPSA) is 102 Å². The highest BCUT2D eigenvalue weighted by Crippen LogP contribution is 2.45. The number of rotatable bonds is 7. The molecule has 1 aromatic heterocycles. The second-order valence-electron chi connectivity index (χ2n) is 13.3. The minimum atomic E-state index is -4.08. The molecular formula is C35H39ClFN5O3S. The summed E-state index contributed by atoms with van der Waals surface area (Å²) < 4.78 is 41.0. The summed E-state index contributed by atoms with van der Waals surface area (Å²) in [5, 5.41) is 5.30. The molecule has 0 spiro atoms. The number of para-hydroxylation sites is 2. The van der Waals surface area contributed by atoms with Gasteiger partial charge in [0.15, 0.2) is 0 Å². The molecule has 46 heavy (non-hydrogen) atoms. The van der Waals surface area contributed by atoms with E-state index >= 15 is 0 Å². The van der Waals surface area contributed by atoms with E-state index in [2.05, 4.69) is 34.6 Å². The number of likely N-dealkylation sites (tertiary alicyclic amines) is 1. The molecule has 3 aliphatic rings. The van der Waals surface area contributed by atoms with Crippen LogP contribution >= 0.6 is 11.6 Å². The van der Waals surface area contributed by atoms with Crippen molar-refractivity contribution in [2.45, 2.75) is 80.3 Å². The fraction of sp³-hybridized carbons (Fsp3) is 0.429. The van der Waals surface area contributed by atoms with Gasteiger partial charge < -0.3 is 9.47 Å². The van der Waals surface area contributed by atoms with Crippen LogP contribution in [-0.4, -0.2) is 65.4 Å². The number of nitrogens with zero attached hydrogens (tertiary/aromatic N) is 4. The van der Waals surface area contributed by atoms with Crippen LogP contribution in [-0.2, 0) is 15.4 Å². The van der Waals surface area contributed by atoms with Crippen LogP contribution in [0.5, 0.6) is 0 Å². The first-order valence-electron chi connectivity index (χ1n) is 16.1. The minimum Gasteiger partial charge on any atom is -0.339 e. The molecule has 8 nitrogen and oxygen atoms in total. The first-order chi connectivity index (χ1) is 22.0. The molecule has 242 valence electrons. The van der Waals surface area contributed by atoms with Gasteiger partial charge in [-0.15, -0.1) is 0 Å². The van der Waals surface area contributed by atoms with Crippen molar-refractivity contribution in [3.8, 4) is 0 Å². The number of imidazole rings is 1. The van der Waals surface area contributed by atoms with E-state index in [0.717, 1.165) is 42.7 Å².